The highest BCUT2D eigenvalue weighted by Crippen LogP contribution is 2.27. The van der Waals surface area contributed by atoms with Crippen molar-refractivity contribution < 1.29 is 4.42 Å². The third-order valence-electron chi connectivity index (χ3n) is 3.62. The van der Waals surface area contributed by atoms with Crippen LogP contribution in [-0.2, 0) is 6.42 Å². The summed E-state index contributed by atoms with van der Waals surface area (Å²) in [6.45, 7) is 2.00. The third-order valence-corrected chi connectivity index (χ3v) is 4.49. The summed E-state index contributed by atoms with van der Waals surface area (Å²) in [5.74, 6) is 0.967. The van der Waals surface area contributed by atoms with Gasteiger partial charge in [0.05, 0.1) is 17.0 Å². The van der Waals surface area contributed by atoms with Crippen molar-refractivity contribution in [2.45, 2.75) is 19.4 Å². The fourth-order valence-corrected chi connectivity index (χ4v) is 3.29. The molecule has 0 aliphatic rings. The summed E-state index contributed by atoms with van der Waals surface area (Å²) >= 11 is 1.71. The molecule has 1 unspecified atom stereocenters. The van der Waals surface area contributed by atoms with Crippen LogP contribution in [0.3, 0.4) is 0 Å². The number of hydrogen-bond acceptors (Lipinski definition) is 4. The third kappa shape index (κ3) is 3.06. The van der Waals surface area contributed by atoms with E-state index in [1.807, 2.05) is 38.2 Å². The fraction of sp³-hybridized carbons (Fsp3) is 0.235. The molecule has 2 aromatic heterocycles. The minimum atomic E-state index is 0.235. The summed E-state index contributed by atoms with van der Waals surface area (Å²) in [5.41, 5.74) is 3.42. The fourth-order valence-electron chi connectivity index (χ4n) is 2.44. The Bertz CT molecular complexity index is 702. The van der Waals surface area contributed by atoms with Gasteiger partial charge in [-0.05, 0) is 20.0 Å². The smallest absolute Gasteiger partial charge is 0.105 e. The van der Waals surface area contributed by atoms with Gasteiger partial charge in [0, 0.05) is 29.0 Å². The van der Waals surface area contributed by atoms with Gasteiger partial charge in [0.15, 0.2) is 0 Å². The number of nitrogens with one attached hydrogen (secondary N) is 1. The lowest BCUT2D eigenvalue weighted by molar-refractivity contribution is 0.512. The van der Waals surface area contributed by atoms with E-state index in [0.717, 1.165) is 22.9 Å². The number of nitrogens with zero attached hydrogens (tertiary/aromatic N) is 1. The molecular weight excluding hydrogens is 280 g/mol. The molecule has 21 heavy (non-hydrogen) atoms. The molecule has 2 heterocycles. The van der Waals surface area contributed by atoms with E-state index >= 15 is 0 Å². The van der Waals surface area contributed by atoms with Crippen LogP contribution in [0, 0.1) is 6.92 Å². The lowest BCUT2D eigenvalue weighted by Crippen LogP contribution is -2.19. The standard InChI is InChI=1S/C17H18N2OS/c1-12-14(8-9-20-12)15(18-2)10-17-19-16(11-21-17)13-6-4-3-5-7-13/h3-9,11,15,18H,10H2,1-2H3. The first-order valence-electron chi connectivity index (χ1n) is 6.99. The molecule has 3 aromatic rings. The summed E-state index contributed by atoms with van der Waals surface area (Å²) in [6, 6.07) is 12.6. The lowest BCUT2D eigenvalue weighted by Gasteiger charge is -2.13. The van der Waals surface area contributed by atoms with Crippen LogP contribution in [0.5, 0.6) is 0 Å². The maximum atomic E-state index is 5.40. The highest BCUT2D eigenvalue weighted by atomic mass is 32.1. The second kappa shape index (κ2) is 6.24. The SMILES string of the molecule is CNC(Cc1nc(-c2ccccc2)cs1)c1ccoc1C. The van der Waals surface area contributed by atoms with Gasteiger partial charge in [-0.25, -0.2) is 4.98 Å². The molecule has 3 rings (SSSR count). The zero-order chi connectivity index (χ0) is 14.7. The van der Waals surface area contributed by atoms with Gasteiger partial charge in [-0.2, -0.15) is 0 Å². The van der Waals surface area contributed by atoms with Gasteiger partial charge in [0.25, 0.3) is 0 Å². The van der Waals surface area contributed by atoms with Gasteiger partial charge in [-0.1, -0.05) is 30.3 Å². The first-order chi connectivity index (χ1) is 10.3. The number of hydrogen-bond donors (Lipinski definition) is 1. The van der Waals surface area contributed by atoms with E-state index in [4.69, 9.17) is 9.40 Å². The molecule has 0 radical (unpaired) electrons. The van der Waals surface area contributed by atoms with E-state index in [-0.39, 0.29) is 6.04 Å². The van der Waals surface area contributed by atoms with Crippen LogP contribution in [0.1, 0.15) is 22.4 Å². The molecule has 1 aromatic carbocycles. The second-order valence-electron chi connectivity index (χ2n) is 4.97. The Morgan fingerprint density at radius 1 is 1.24 bits per heavy atom. The van der Waals surface area contributed by atoms with Crippen molar-refractivity contribution in [3.8, 4) is 11.3 Å². The Kier molecular flexibility index (Phi) is 4.18. The van der Waals surface area contributed by atoms with Crippen molar-refractivity contribution >= 4 is 11.3 Å². The van der Waals surface area contributed by atoms with Gasteiger partial charge in [-0.15, -0.1) is 11.3 Å². The summed E-state index contributed by atoms with van der Waals surface area (Å²) in [4.78, 5) is 4.76. The molecule has 1 N–H and O–H groups in total. The summed E-state index contributed by atoms with van der Waals surface area (Å²) in [5, 5.41) is 6.61. The molecular formula is C17H18N2OS. The van der Waals surface area contributed by atoms with Crippen molar-refractivity contribution in [2.24, 2.45) is 0 Å². The molecule has 0 amide bonds. The van der Waals surface area contributed by atoms with Gasteiger partial charge in [-0.3, -0.25) is 0 Å². The Labute approximate surface area is 128 Å². The molecule has 108 valence electrons. The predicted molar refractivity (Wildman–Crippen MR) is 86.5 cm³/mol. The number of aryl methyl sites for hydroxylation is 1. The van der Waals surface area contributed by atoms with E-state index in [0.29, 0.717) is 0 Å². The van der Waals surface area contributed by atoms with Gasteiger partial charge in [0.1, 0.15) is 5.76 Å². The maximum Gasteiger partial charge on any atom is 0.105 e. The monoisotopic (exact) mass is 298 g/mol. The average molecular weight is 298 g/mol. The van der Waals surface area contributed by atoms with E-state index in [1.165, 1.54) is 11.1 Å². The number of aromatic nitrogens is 1. The first-order valence-corrected chi connectivity index (χ1v) is 7.87. The van der Waals surface area contributed by atoms with Gasteiger partial charge in [0.2, 0.25) is 0 Å². The number of thiazole rings is 1. The molecule has 0 aliphatic carbocycles. The molecule has 0 bridgehead atoms. The number of furan rings is 1. The number of likely N-dealkylation sites (N-methyl/N-ethyl adjacent to an activating group) is 1. The highest BCUT2D eigenvalue weighted by Gasteiger charge is 2.16. The summed E-state index contributed by atoms with van der Waals surface area (Å²) < 4.78 is 5.40. The van der Waals surface area contributed by atoms with Crippen LogP contribution >= 0.6 is 11.3 Å². The van der Waals surface area contributed by atoms with Crippen LogP contribution in [0.15, 0.2) is 52.5 Å². The normalized spacial score (nSPS) is 12.5. The molecule has 0 fully saturated rings. The Morgan fingerprint density at radius 3 is 2.71 bits per heavy atom. The molecule has 0 aliphatic heterocycles. The zero-order valence-corrected chi connectivity index (χ0v) is 13.0. The minimum Gasteiger partial charge on any atom is -0.469 e. The largest absolute Gasteiger partial charge is 0.469 e. The van der Waals surface area contributed by atoms with Gasteiger partial charge < -0.3 is 9.73 Å². The predicted octanol–water partition coefficient (Wildman–Crippen LogP) is 4.21. The maximum absolute atomic E-state index is 5.40. The molecule has 0 saturated heterocycles. The average Bonchev–Trinajstić information content (AvgIpc) is 3.15. The van der Waals surface area contributed by atoms with Crippen molar-refractivity contribution in [1.29, 1.82) is 0 Å². The molecule has 1 atom stereocenters. The van der Waals surface area contributed by atoms with E-state index < -0.39 is 0 Å². The van der Waals surface area contributed by atoms with Crippen molar-refractivity contribution in [2.75, 3.05) is 7.05 Å². The zero-order valence-electron chi connectivity index (χ0n) is 12.2. The molecule has 3 nitrogen and oxygen atoms in total. The lowest BCUT2D eigenvalue weighted by atomic mass is 10.1. The quantitative estimate of drug-likeness (QED) is 0.766. The topological polar surface area (TPSA) is 38.1 Å². The second-order valence-corrected chi connectivity index (χ2v) is 5.91. The van der Waals surface area contributed by atoms with Crippen molar-refractivity contribution in [3.63, 3.8) is 0 Å². The van der Waals surface area contributed by atoms with E-state index in [2.05, 4.69) is 22.8 Å². The first kappa shape index (κ1) is 14.0. The Hall–Kier alpha value is -1.91. The van der Waals surface area contributed by atoms with E-state index in [9.17, 15) is 0 Å². The number of rotatable bonds is 5. The van der Waals surface area contributed by atoms with Crippen molar-refractivity contribution in [1.82, 2.24) is 10.3 Å². The highest BCUT2D eigenvalue weighted by molar-refractivity contribution is 7.09. The molecule has 4 heteroatoms. The minimum absolute atomic E-state index is 0.235. The molecule has 0 saturated carbocycles. The van der Waals surface area contributed by atoms with Crippen LogP contribution in [0.4, 0.5) is 0 Å². The van der Waals surface area contributed by atoms with Crippen LogP contribution < -0.4 is 5.32 Å². The summed E-state index contributed by atoms with van der Waals surface area (Å²) in [7, 11) is 1.98. The summed E-state index contributed by atoms with van der Waals surface area (Å²) in [6.07, 6.45) is 2.61. The van der Waals surface area contributed by atoms with Gasteiger partial charge >= 0.3 is 0 Å². The van der Waals surface area contributed by atoms with Crippen molar-refractivity contribution in [3.05, 3.63) is 64.4 Å². The molecule has 0 spiro atoms. The van der Waals surface area contributed by atoms with Crippen LogP contribution in [0.25, 0.3) is 11.3 Å². The van der Waals surface area contributed by atoms with Crippen LogP contribution in [-0.4, -0.2) is 12.0 Å². The number of benzene rings is 1. The van der Waals surface area contributed by atoms with Crippen LogP contribution in [0.2, 0.25) is 0 Å². The Morgan fingerprint density at radius 2 is 2.05 bits per heavy atom. The Balaban J connectivity index is 1.79. The van der Waals surface area contributed by atoms with E-state index in [1.54, 1.807) is 17.6 Å².